The first-order chi connectivity index (χ1) is 14.1. The van der Waals surface area contributed by atoms with E-state index in [0.29, 0.717) is 21.2 Å². The van der Waals surface area contributed by atoms with Gasteiger partial charge in [0.05, 0.1) is 18.6 Å². The minimum absolute atomic E-state index is 0.117. The molecule has 1 N–H and O–H groups in total. The van der Waals surface area contributed by atoms with Gasteiger partial charge in [0.25, 0.3) is 5.56 Å². The van der Waals surface area contributed by atoms with Crippen molar-refractivity contribution >= 4 is 29.2 Å². The van der Waals surface area contributed by atoms with Gasteiger partial charge in [-0.15, -0.1) is 0 Å². The van der Waals surface area contributed by atoms with E-state index in [1.165, 1.54) is 18.9 Å². The maximum Gasteiger partial charge on any atom is 0.263 e. The summed E-state index contributed by atoms with van der Waals surface area (Å²) in [6.45, 7) is 7.65. The lowest BCUT2D eigenvalue weighted by molar-refractivity contribution is 0.133. The largest absolute Gasteiger partial charge is 0.480 e. The van der Waals surface area contributed by atoms with Crippen molar-refractivity contribution in [2.75, 3.05) is 38.3 Å². The van der Waals surface area contributed by atoms with Crippen molar-refractivity contribution in [3.05, 3.63) is 39.8 Å². The summed E-state index contributed by atoms with van der Waals surface area (Å²) in [5, 5.41) is 0.411. The third-order valence-electron chi connectivity index (χ3n) is 5.44. The highest BCUT2D eigenvalue weighted by Gasteiger charge is 2.38. The fraction of sp³-hybridized carbons (Fsp3) is 0.524. The van der Waals surface area contributed by atoms with Gasteiger partial charge >= 0.3 is 0 Å². The van der Waals surface area contributed by atoms with Gasteiger partial charge in [-0.25, -0.2) is 4.98 Å². The molecule has 0 amide bonds. The number of ether oxygens (including phenoxy) is 2. The molecule has 2 aliphatic heterocycles. The summed E-state index contributed by atoms with van der Waals surface area (Å²) in [7, 11) is 1.52. The number of halogens is 1. The van der Waals surface area contributed by atoms with E-state index in [-0.39, 0.29) is 5.56 Å². The number of H-pyrrole nitrogens is 1. The van der Waals surface area contributed by atoms with Crippen molar-refractivity contribution in [2.45, 2.75) is 42.9 Å². The lowest BCUT2D eigenvalue weighted by Crippen LogP contribution is -2.41. The molecule has 4 rings (SSSR count). The molecule has 0 bridgehead atoms. The lowest BCUT2D eigenvalue weighted by Gasteiger charge is -2.39. The van der Waals surface area contributed by atoms with Crippen molar-refractivity contribution in [3.63, 3.8) is 0 Å². The number of hydrogen-bond acceptors (Lipinski definition) is 6. The summed E-state index contributed by atoms with van der Waals surface area (Å²) in [4.78, 5) is 23.2. The van der Waals surface area contributed by atoms with Crippen molar-refractivity contribution in [1.29, 1.82) is 0 Å². The highest BCUT2D eigenvalue weighted by molar-refractivity contribution is 7.99. The summed E-state index contributed by atoms with van der Waals surface area (Å²) in [6, 6.07) is 5.60. The number of nitrogens with one attached hydrogen (secondary N) is 1. The van der Waals surface area contributed by atoms with Crippen LogP contribution in [0, 0.1) is 5.41 Å². The van der Waals surface area contributed by atoms with Crippen molar-refractivity contribution < 1.29 is 9.47 Å². The average Bonchev–Trinajstić information content (AvgIpc) is 3.21. The van der Waals surface area contributed by atoms with Crippen LogP contribution in [0.1, 0.15) is 33.1 Å². The summed E-state index contributed by atoms with van der Waals surface area (Å²) in [6.07, 6.45) is 4.99. The number of hydrogen-bond donors (Lipinski definition) is 1. The van der Waals surface area contributed by atoms with Crippen LogP contribution in [0.2, 0.25) is 5.02 Å². The molecular weight excluding hydrogens is 410 g/mol. The van der Waals surface area contributed by atoms with Gasteiger partial charge in [0, 0.05) is 30.8 Å². The van der Waals surface area contributed by atoms with Crippen LogP contribution >= 0.6 is 23.4 Å². The second-order valence-corrected chi connectivity index (χ2v) is 8.52. The van der Waals surface area contributed by atoms with Crippen LogP contribution < -0.4 is 15.2 Å². The monoisotopic (exact) mass is 437 g/mol. The first kappa shape index (κ1) is 22.0. The van der Waals surface area contributed by atoms with Gasteiger partial charge in [-0.05, 0) is 42.9 Å². The molecule has 0 aliphatic carbocycles. The average molecular weight is 438 g/mol. The van der Waals surface area contributed by atoms with Crippen LogP contribution in [0.25, 0.3) is 0 Å². The Morgan fingerprint density at radius 2 is 1.97 bits per heavy atom. The molecule has 8 heteroatoms. The molecule has 6 nitrogen and oxygen atoms in total. The molecule has 2 aromatic heterocycles. The highest BCUT2D eigenvalue weighted by Crippen LogP contribution is 2.40. The van der Waals surface area contributed by atoms with Gasteiger partial charge in [0.15, 0.2) is 0 Å². The summed E-state index contributed by atoms with van der Waals surface area (Å²) < 4.78 is 10.7. The van der Waals surface area contributed by atoms with Gasteiger partial charge in [-0.1, -0.05) is 37.2 Å². The van der Waals surface area contributed by atoms with E-state index < -0.39 is 0 Å². The Labute approximate surface area is 181 Å². The number of methoxy groups -OCH3 is 1. The number of rotatable bonds is 4. The van der Waals surface area contributed by atoms with Crippen molar-refractivity contribution in [2.24, 2.45) is 5.41 Å². The number of anilines is 1. The molecule has 0 unspecified atom stereocenters. The summed E-state index contributed by atoms with van der Waals surface area (Å²) in [5.41, 5.74) is 0.234. The second-order valence-electron chi connectivity index (χ2n) is 7.06. The number of pyridine rings is 2. The van der Waals surface area contributed by atoms with Crippen LogP contribution in [-0.2, 0) is 4.74 Å². The second kappa shape index (κ2) is 9.87. The minimum Gasteiger partial charge on any atom is -0.480 e. The van der Waals surface area contributed by atoms with E-state index in [4.69, 9.17) is 21.1 Å². The van der Waals surface area contributed by atoms with E-state index in [9.17, 15) is 4.79 Å². The Bertz CT molecular complexity index is 874. The zero-order chi connectivity index (χ0) is 20.9. The molecule has 158 valence electrons. The maximum atomic E-state index is 12.6. The molecule has 0 aromatic carbocycles. The van der Waals surface area contributed by atoms with Gasteiger partial charge in [0.1, 0.15) is 10.8 Å². The van der Waals surface area contributed by atoms with E-state index in [2.05, 4.69) is 14.9 Å². The van der Waals surface area contributed by atoms with Crippen LogP contribution in [0.4, 0.5) is 5.82 Å². The van der Waals surface area contributed by atoms with Crippen molar-refractivity contribution in [3.8, 4) is 5.88 Å². The van der Waals surface area contributed by atoms with E-state index in [0.717, 1.165) is 56.3 Å². The fourth-order valence-electron chi connectivity index (χ4n) is 3.73. The maximum absolute atomic E-state index is 12.6. The predicted octanol–water partition coefficient (Wildman–Crippen LogP) is 4.62. The quantitative estimate of drug-likeness (QED) is 0.752. The number of aromatic nitrogens is 2. The van der Waals surface area contributed by atoms with Gasteiger partial charge in [0.2, 0.25) is 5.88 Å². The third-order valence-corrected chi connectivity index (χ3v) is 7.02. The standard InChI is InChI=1S/C19H22ClN3O3S.C2H6/c1-25-18-16(20)13(4-8-21-18)27-14-2-3-15(22-17(14)24)23-9-5-19(6-10-23)7-11-26-12-19;1-2/h2-4,8H,5-7,9-12H2,1H3,(H,22,24);1-2H3. The van der Waals surface area contributed by atoms with Gasteiger partial charge < -0.3 is 19.4 Å². The van der Waals surface area contributed by atoms with Crippen LogP contribution in [0.15, 0.2) is 39.0 Å². The minimum atomic E-state index is -0.117. The molecule has 1 spiro atoms. The first-order valence-corrected chi connectivity index (χ1v) is 11.2. The Morgan fingerprint density at radius 3 is 2.59 bits per heavy atom. The van der Waals surface area contributed by atoms with E-state index in [1.54, 1.807) is 12.3 Å². The Balaban J connectivity index is 0.00000117. The number of nitrogens with zero attached hydrogens (tertiary/aromatic N) is 2. The summed E-state index contributed by atoms with van der Waals surface area (Å²) >= 11 is 7.59. The third kappa shape index (κ3) is 4.90. The first-order valence-electron chi connectivity index (χ1n) is 10.0. The van der Waals surface area contributed by atoms with E-state index in [1.807, 2.05) is 26.0 Å². The summed E-state index contributed by atoms with van der Waals surface area (Å²) in [5.74, 6) is 1.23. The molecule has 29 heavy (non-hydrogen) atoms. The van der Waals surface area contributed by atoms with Crippen LogP contribution in [-0.4, -0.2) is 43.4 Å². The lowest BCUT2D eigenvalue weighted by atomic mass is 9.78. The SMILES string of the molecule is CC.COc1nccc(Sc2ccc(N3CCC4(CCOC4)CC3)[nH]c2=O)c1Cl. The van der Waals surface area contributed by atoms with Gasteiger partial charge in [-0.3, -0.25) is 4.79 Å². The molecule has 2 aromatic rings. The predicted molar refractivity (Wildman–Crippen MR) is 118 cm³/mol. The smallest absolute Gasteiger partial charge is 0.263 e. The fourth-order valence-corrected chi connectivity index (χ4v) is 4.86. The Morgan fingerprint density at radius 1 is 1.21 bits per heavy atom. The molecule has 0 radical (unpaired) electrons. The topological polar surface area (TPSA) is 67.5 Å². The van der Waals surface area contributed by atoms with Crippen LogP contribution in [0.3, 0.4) is 0 Å². The zero-order valence-corrected chi connectivity index (χ0v) is 18.7. The van der Waals surface area contributed by atoms with Crippen molar-refractivity contribution in [1.82, 2.24) is 9.97 Å². The Kier molecular flexibility index (Phi) is 7.49. The molecule has 0 saturated carbocycles. The number of aromatic amines is 1. The normalized spacial score (nSPS) is 17.7. The zero-order valence-electron chi connectivity index (χ0n) is 17.2. The Hall–Kier alpha value is -1.70. The molecule has 2 fully saturated rings. The molecule has 2 saturated heterocycles. The molecule has 4 heterocycles. The van der Waals surface area contributed by atoms with E-state index >= 15 is 0 Å². The van der Waals surface area contributed by atoms with Crippen LogP contribution in [0.5, 0.6) is 5.88 Å². The molecule has 2 aliphatic rings. The highest BCUT2D eigenvalue weighted by atomic mass is 35.5. The van der Waals surface area contributed by atoms with Gasteiger partial charge in [-0.2, -0.15) is 0 Å². The number of piperidine rings is 1. The molecule has 0 atom stereocenters. The molecular formula is C21H28ClN3O3S.